The highest BCUT2D eigenvalue weighted by atomic mass is 16.5. The van der Waals surface area contributed by atoms with E-state index < -0.39 is 0 Å². The van der Waals surface area contributed by atoms with Crippen molar-refractivity contribution in [3.8, 4) is 0 Å². The quantitative estimate of drug-likeness (QED) is 0.791. The summed E-state index contributed by atoms with van der Waals surface area (Å²) in [6, 6.07) is 0. The molecule has 0 aromatic carbocycles. The van der Waals surface area contributed by atoms with Crippen LogP contribution < -0.4 is 10.6 Å². The van der Waals surface area contributed by atoms with Gasteiger partial charge in [-0.15, -0.1) is 0 Å². The Bertz CT molecular complexity index is 306. The Morgan fingerprint density at radius 3 is 2.81 bits per heavy atom. The average Bonchev–Trinajstić information content (AvgIpc) is 2.59. The smallest absolute Gasteiger partial charge is 0.225 e. The van der Waals surface area contributed by atoms with Gasteiger partial charge >= 0.3 is 0 Å². The minimum absolute atomic E-state index is 0.639. The van der Waals surface area contributed by atoms with Crippen molar-refractivity contribution in [2.24, 2.45) is 5.73 Å². The van der Waals surface area contributed by atoms with Crippen molar-refractivity contribution in [2.45, 2.75) is 12.8 Å². The summed E-state index contributed by atoms with van der Waals surface area (Å²) in [5.41, 5.74) is 6.57. The number of rotatable bonds is 3. The minimum Gasteiger partial charge on any atom is -0.380 e. The van der Waals surface area contributed by atoms with E-state index in [2.05, 4.69) is 14.9 Å². The standard InChI is InChI=1S/C11H18N4O/c12-3-2-10-8-13-11(14-9-10)15-4-1-6-16-7-5-15/h8-9H,1-7,12H2. The number of aromatic nitrogens is 2. The second kappa shape index (κ2) is 5.77. The summed E-state index contributed by atoms with van der Waals surface area (Å²) in [6.07, 6.45) is 5.60. The Morgan fingerprint density at radius 2 is 2.06 bits per heavy atom. The number of anilines is 1. The number of nitrogens with zero attached hydrogens (tertiary/aromatic N) is 3. The summed E-state index contributed by atoms with van der Waals surface area (Å²) in [7, 11) is 0. The van der Waals surface area contributed by atoms with Gasteiger partial charge in [-0.25, -0.2) is 9.97 Å². The van der Waals surface area contributed by atoms with E-state index in [1.165, 1.54) is 0 Å². The van der Waals surface area contributed by atoms with Gasteiger partial charge in [0.05, 0.1) is 6.61 Å². The normalized spacial score (nSPS) is 17.2. The minimum atomic E-state index is 0.639. The maximum atomic E-state index is 5.48. The fraction of sp³-hybridized carbons (Fsp3) is 0.636. The zero-order valence-corrected chi connectivity index (χ0v) is 9.43. The molecule has 0 bridgehead atoms. The number of nitrogens with two attached hydrogens (primary N) is 1. The molecule has 0 radical (unpaired) electrons. The SMILES string of the molecule is NCCc1cnc(N2CCCOCC2)nc1. The highest BCUT2D eigenvalue weighted by Gasteiger charge is 2.11. The first-order valence-electron chi connectivity index (χ1n) is 5.74. The van der Waals surface area contributed by atoms with Gasteiger partial charge in [0, 0.05) is 32.1 Å². The van der Waals surface area contributed by atoms with Gasteiger partial charge in [-0.2, -0.15) is 0 Å². The molecule has 88 valence electrons. The molecule has 16 heavy (non-hydrogen) atoms. The summed E-state index contributed by atoms with van der Waals surface area (Å²) in [5.74, 6) is 0.797. The Balaban J connectivity index is 2.01. The van der Waals surface area contributed by atoms with Gasteiger partial charge in [-0.3, -0.25) is 0 Å². The highest BCUT2D eigenvalue weighted by Crippen LogP contribution is 2.09. The van der Waals surface area contributed by atoms with E-state index in [1.54, 1.807) is 0 Å². The molecule has 2 rings (SSSR count). The molecular weight excluding hydrogens is 204 g/mol. The molecule has 1 fully saturated rings. The maximum Gasteiger partial charge on any atom is 0.225 e. The maximum absolute atomic E-state index is 5.48. The van der Waals surface area contributed by atoms with Gasteiger partial charge in [-0.05, 0) is 24.9 Å². The van der Waals surface area contributed by atoms with E-state index in [-0.39, 0.29) is 0 Å². The Kier molecular flexibility index (Phi) is 4.07. The van der Waals surface area contributed by atoms with Crippen LogP contribution in [0, 0.1) is 0 Å². The third kappa shape index (κ3) is 2.90. The molecular formula is C11H18N4O. The lowest BCUT2D eigenvalue weighted by molar-refractivity contribution is 0.152. The summed E-state index contributed by atoms with van der Waals surface area (Å²) >= 11 is 0. The zero-order valence-electron chi connectivity index (χ0n) is 9.43. The van der Waals surface area contributed by atoms with Crippen LogP contribution in [0.5, 0.6) is 0 Å². The average molecular weight is 222 g/mol. The lowest BCUT2D eigenvalue weighted by Gasteiger charge is -2.19. The summed E-state index contributed by atoms with van der Waals surface area (Å²) in [5, 5.41) is 0. The van der Waals surface area contributed by atoms with E-state index in [1.807, 2.05) is 12.4 Å². The van der Waals surface area contributed by atoms with Crippen molar-refractivity contribution in [3.05, 3.63) is 18.0 Å². The molecule has 0 unspecified atom stereocenters. The predicted molar refractivity (Wildman–Crippen MR) is 62.4 cm³/mol. The zero-order chi connectivity index (χ0) is 11.2. The molecule has 1 aromatic rings. The summed E-state index contributed by atoms with van der Waals surface area (Å²) in [6.45, 7) is 4.07. The van der Waals surface area contributed by atoms with Gasteiger partial charge < -0.3 is 15.4 Å². The van der Waals surface area contributed by atoms with Crippen LogP contribution in [0.3, 0.4) is 0 Å². The predicted octanol–water partition coefficient (Wildman–Crippen LogP) is 0.204. The number of hydrogen-bond donors (Lipinski definition) is 1. The molecule has 1 aliphatic heterocycles. The Labute approximate surface area is 95.6 Å². The molecule has 0 aliphatic carbocycles. The monoisotopic (exact) mass is 222 g/mol. The first-order chi connectivity index (χ1) is 7.90. The van der Waals surface area contributed by atoms with E-state index in [0.717, 1.165) is 50.7 Å². The van der Waals surface area contributed by atoms with Crippen molar-refractivity contribution in [1.29, 1.82) is 0 Å². The third-order valence-corrected chi connectivity index (χ3v) is 2.63. The topological polar surface area (TPSA) is 64.3 Å². The highest BCUT2D eigenvalue weighted by molar-refractivity contribution is 5.29. The largest absolute Gasteiger partial charge is 0.380 e. The van der Waals surface area contributed by atoms with Crippen LogP contribution in [0.1, 0.15) is 12.0 Å². The molecule has 1 saturated heterocycles. The van der Waals surface area contributed by atoms with Gasteiger partial charge in [-0.1, -0.05) is 0 Å². The van der Waals surface area contributed by atoms with Crippen molar-refractivity contribution >= 4 is 5.95 Å². The van der Waals surface area contributed by atoms with E-state index in [9.17, 15) is 0 Å². The molecule has 2 heterocycles. The van der Waals surface area contributed by atoms with E-state index >= 15 is 0 Å². The molecule has 0 saturated carbocycles. The molecule has 1 aromatic heterocycles. The molecule has 5 nitrogen and oxygen atoms in total. The fourth-order valence-corrected chi connectivity index (χ4v) is 1.75. The first kappa shape index (κ1) is 11.3. The van der Waals surface area contributed by atoms with Crippen molar-refractivity contribution < 1.29 is 4.74 Å². The van der Waals surface area contributed by atoms with E-state index in [0.29, 0.717) is 6.54 Å². The van der Waals surface area contributed by atoms with Crippen LogP contribution in [0.15, 0.2) is 12.4 Å². The first-order valence-corrected chi connectivity index (χ1v) is 5.74. The van der Waals surface area contributed by atoms with Gasteiger partial charge in [0.2, 0.25) is 5.95 Å². The van der Waals surface area contributed by atoms with Crippen LogP contribution in [0.4, 0.5) is 5.95 Å². The van der Waals surface area contributed by atoms with Gasteiger partial charge in [0.25, 0.3) is 0 Å². The summed E-state index contributed by atoms with van der Waals surface area (Å²) in [4.78, 5) is 10.9. The van der Waals surface area contributed by atoms with Crippen molar-refractivity contribution in [2.75, 3.05) is 37.7 Å². The summed E-state index contributed by atoms with van der Waals surface area (Å²) < 4.78 is 5.39. The Morgan fingerprint density at radius 1 is 1.25 bits per heavy atom. The van der Waals surface area contributed by atoms with Crippen LogP contribution in [-0.4, -0.2) is 42.8 Å². The fourth-order valence-electron chi connectivity index (χ4n) is 1.75. The van der Waals surface area contributed by atoms with Crippen molar-refractivity contribution in [1.82, 2.24) is 9.97 Å². The molecule has 0 amide bonds. The second-order valence-corrected chi connectivity index (χ2v) is 3.88. The molecule has 1 aliphatic rings. The number of ether oxygens (including phenoxy) is 1. The van der Waals surface area contributed by atoms with Crippen LogP contribution in [0.25, 0.3) is 0 Å². The molecule has 0 atom stereocenters. The molecule has 0 spiro atoms. The van der Waals surface area contributed by atoms with E-state index in [4.69, 9.17) is 10.5 Å². The number of hydrogen-bond acceptors (Lipinski definition) is 5. The van der Waals surface area contributed by atoms with Crippen molar-refractivity contribution in [3.63, 3.8) is 0 Å². The van der Waals surface area contributed by atoms with Crippen LogP contribution in [0.2, 0.25) is 0 Å². The third-order valence-electron chi connectivity index (χ3n) is 2.63. The Hall–Kier alpha value is -1.20. The van der Waals surface area contributed by atoms with Crippen LogP contribution in [-0.2, 0) is 11.2 Å². The lowest BCUT2D eigenvalue weighted by Crippen LogP contribution is -2.27. The van der Waals surface area contributed by atoms with Gasteiger partial charge in [0.1, 0.15) is 0 Å². The molecule has 5 heteroatoms. The lowest BCUT2D eigenvalue weighted by atomic mass is 10.2. The molecule has 2 N–H and O–H groups in total. The van der Waals surface area contributed by atoms with Crippen LogP contribution >= 0.6 is 0 Å². The van der Waals surface area contributed by atoms with Gasteiger partial charge in [0.15, 0.2) is 0 Å². The second-order valence-electron chi connectivity index (χ2n) is 3.88.